The molecule has 0 bridgehead atoms. The van der Waals surface area contributed by atoms with Crippen molar-refractivity contribution in [2.24, 2.45) is 0 Å². The normalized spacial score (nSPS) is 9.47. The fourth-order valence-electron chi connectivity index (χ4n) is 0.905. The van der Waals surface area contributed by atoms with E-state index >= 15 is 0 Å². The van der Waals surface area contributed by atoms with Crippen molar-refractivity contribution >= 4 is 23.2 Å². The van der Waals surface area contributed by atoms with Gasteiger partial charge in [0.25, 0.3) is 0 Å². The first-order chi connectivity index (χ1) is 7.04. The Morgan fingerprint density at radius 1 is 1.53 bits per heavy atom. The molecule has 1 rings (SSSR count). The Kier molecular flexibility index (Phi) is 3.58. The average Bonchev–Trinajstić information content (AvgIpc) is 2.14. The van der Waals surface area contributed by atoms with Gasteiger partial charge in [0.05, 0.1) is 11.1 Å². The number of benzene rings is 1. The number of nitrogens with one attached hydrogen (secondary N) is 1. The maximum atomic E-state index is 12.8. The molecule has 78 valence electrons. The summed E-state index contributed by atoms with van der Waals surface area (Å²) in [6.07, 6.45) is -0.364. The molecule has 0 aliphatic rings. The van der Waals surface area contributed by atoms with Crippen molar-refractivity contribution < 1.29 is 13.6 Å². The molecule has 0 aromatic heterocycles. The first-order valence-electron chi connectivity index (χ1n) is 3.86. The number of nitrogens with zero attached hydrogens (tertiary/aromatic N) is 1. The van der Waals surface area contributed by atoms with Crippen LogP contribution in [0.15, 0.2) is 12.1 Å². The number of amides is 1. The number of carbonyl (C=O) groups is 1. The van der Waals surface area contributed by atoms with E-state index in [2.05, 4.69) is 5.32 Å². The van der Waals surface area contributed by atoms with Crippen LogP contribution in [0.5, 0.6) is 0 Å². The molecule has 0 atom stereocenters. The molecule has 0 aliphatic heterocycles. The summed E-state index contributed by atoms with van der Waals surface area (Å²) in [6.45, 7) is 0. The molecule has 0 aliphatic carbocycles. The second-order valence-corrected chi connectivity index (χ2v) is 3.04. The molecule has 15 heavy (non-hydrogen) atoms. The summed E-state index contributed by atoms with van der Waals surface area (Å²) in [5, 5.41) is 9.97. The van der Waals surface area contributed by atoms with Gasteiger partial charge in [-0.3, -0.25) is 4.79 Å². The van der Waals surface area contributed by atoms with Gasteiger partial charge in [0.1, 0.15) is 6.42 Å². The van der Waals surface area contributed by atoms with Gasteiger partial charge in [-0.2, -0.15) is 5.26 Å². The Balaban J connectivity index is 2.89. The highest BCUT2D eigenvalue weighted by atomic mass is 35.5. The van der Waals surface area contributed by atoms with E-state index in [0.29, 0.717) is 0 Å². The molecule has 0 radical (unpaired) electrons. The Bertz CT molecular complexity index is 419. The molecular weight excluding hydrogens is 226 g/mol. The number of halogens is 3. The summed E-state index contributed by atoms with van der Waals surface area (Å²) in [5.74, 6) is -2.94. The van der Waals surface area contributed by atoms with Crippen molar-refractivity contribution in [2.75, 3.05) is 5.32 Å². The molecule has 1 N–H and O–H groups in total. The summed E-state index contributed by atoms with van der Waals surface area (Å²) >= 11 is 5.35. The predicted octanol–water partition coefficient (Wildman–Crippen LogP) is 2.47. The van der Waals surface area contributed by atoms with E-state index in [9.17, 15) is 13.6 Å². The molecule has 0 fully saturated rings. The second-order valence-electron chi connectivity index (χ2n) is 2.64. The maximum Gasteiger partial charge on any atom is 0.238 e. The van der Waals surface area contributed by atoms with E-state index in [1.54, 1.807) is 6.07 Å². The average molecular weight is 231 g/mol. The standard InChI is InChI=1S/C9H5ClF2N2O/c10-6-3-5(4-7(11)9(6)12)14-8(15)1-2-13/h3-4H,1H2,(H,14,15). The summed E-state index contributed by atoms with van der Waals surface area (Å²) in [4.78, 5) is 10.9. The van der Waals surface area contributed by atoms with Gasteiger partial charge in [-0.1, -0.05) is 11.6 Å². The lowest BCUT2D eigenvalue weighted by Crippen LogP contribution is -2.10. The zero-order valence-corrected chi connectivity index (χ0v) is 8.11. The third kappa shape index (κ3) is 2.89. The van der Waals surface area contributed by atoms with Gasteiger partial charge in [0.2, 0.25) is 5.91 Å². The van der Waals surface area contributed by atoms with Crippen LogP contribution in [-0.2, 0) is 4.79 Å². The number of nitriles is 1. The number of rotatable bonds is 2. The fourth-order valence-corrected chi connectivity index (χ4v) is 1.11. The van der Waals surface area contributed by atoms with Crippen LogP contribution in [0, 0.1) is 23.0 Å². The van der Waals surface area contributed by atoms with Crippen molar-refractivity contribution in [3.63, 3.8) is 0 Å². The van der Waals surface area contributed by atoms with E-state index in [1.165, 1.54) is 0 Å². The molecule has 0 saturated heterocycles. The van der Waals surface area contributed by atoms with Crippen molar-refractivity contribution in [3.8, 4) is 6.07 Å². The van der Waals surface area contributed by atoms with Crippen LogP contribution >= 0.6 is 11.6 Å². The second kappa shape index (κ2) is 4.71. The Morgan fingerprint density at radius 3 is 2.73 bits per heavy atom. The van der Waals surface area contributed by atoms with Crippen LogP contribution in [0.2, 0.25) is 5.02 Å². The van der Waals surface area contributed by atoms with Crippen LogP contribution < -0.4 is 5.32 Å². The van der Waals surface area contributed by atoms with E-state index in [4.69, 9.17) is 16.9 Å². The fraction of sp³-hybridized carbons (Fsp3) is 0.111. The van der Waals surface area contributed by atoms with Crippen molar-refractivity contribution in [2.45, 2.75) is 6.42 Å². The first kappa shape index (κ1) is 11.4. The van der Waals surface area contributed by atoms with Crippen LogP contribution in [-0.4, -0.2) is 5.91 Å². The number of hydrogen-bond acceptors (Lipinski definition) is 2. The lowest BCUT2D eigenvalue weighted by Gasteiger charge is -2.04. The van der Waals surface area contributed by atoms with Gasteiger partial charge in [-0.05, 0) is 6.07 Å². The van der Waals surface area contributed by atoms with Crippen molar-refractivity contribution in [1.29, 1.82) is 5.26 Å². The third-order valence-corrected chi connectivity index (χ3v) is 1.78. The summed E-state index contributed by atoms with van der Waals surface area (Å²) in [6, 6.07) is 3.47. The first-order valence-corrected chi connectivity index (χ1v) is 4.23. The summed E-state index contributed by atoms with van der Waals surface area (Å²) in [7, 11) is 0. The Labute approximate surface area is 89.3 Å². The smallest absolute Gasteiger partial charge is 0.238 e. The quantitative estimate of drug-likeness (QED) is 0.794. The monoisotopic (exact) mass is 230 g/mol. The van der Waals surface area contributed by atoms with Crippen LogP contribution in [0.1, 0.15) is 6.42 Å². The number of anilines is 1. The minimum absolute atomic E-state index is 0.0131. The molecule has 0 spiro atoms. The number of carbonyl (C=O) groups excluding carboxylic acids is 1. The highest BCUT2D eigenvalue weighted by molar-refractivity contribution is 6.31. The Hall–Kier alpha value is -1.67. The summed E-state index contributed by atoms with van der Waals surface area (Å²) in [5.41, 5.74) is 0.0131. The summed E-state index contributed by atoms with van der Waals surface area (Å²) < 4.78 is 25.5. The van der Waals surface area contributed by atoms with Gasteiger partial charge in [0, 0.05) is 11.8 Å². The largest absolute Gasteiger partial charge is 0.325 e. The third-order valence-electron chi connectivity index (χ3n) is 1.51. The van der Waals surface area contributed by atoms with E-state index in [0.717, 1.165) is 12.1 Å². The zero-order chi connectivity index (χ0) is 11.4. The zero-order valence-electron chi connectivity index (χ0n) is 7.35. The Morgan fingerprint density at radius 2 is 2.20 bits per heavy atom. The molecule has 3 nitrogen and oxygen atoms in total. The van der Waals surface area contributed by atoms with Crippen molar-refractivity contribution in [3.05, 3.63) is 28.8 Å². The van der Waals surface area contributed by atoms with Crippen LogP contribution in [0.25, 0.3) is 0 Å². The lowest BCUT2D eigenvalue weighted by atomic mass is 10.3. The van der Waals surface area contributed by atoms with Gasteiger partial charge in [0.15, 0.2) is 11.6 Å². The molecule has 1 aromatic rings. The predicted molar refractivity (Wildman–Crippen MR) is 50.2 cm³/mol. The number of hydrogen-bond donors (Lipinski definition) is 1. The van der Waals surface area contributed by atoms with E-state index in [-0.39, 0.29) is 12.1 Å². The molecule has 1 amide bonds. The lowest BCUT2D eigenvalue weighted by molar-refractivity contribution is -0.115. The van der Waals surface area contributed by atoms with Crippen LogP contribution in [0.3, 0.4) is 0 Å². The van der Waals surface area contributed by atoms with Gasteiger partial charge < -0.3 is 5.32 Å². The SMILES string of the molecule is N#CCC(=O)Nc1cc(F)c(F)c(Cl)c1. The van der Waals surface area contributed by atoms with Crippen LogP contribution in [0.4, 0.5) is 14.5 Å². The van der Waals surface area contributed by atoms with Gasteiger partial charge in [-0.25, -0.2) is 8.78 Å². The molecular formula is C9H5ClF2N2O. The highest BCUT2D eigenvalue weighted by Crippen LogP contribution is 2.22. The van der Waals surface area contributed by atoms with Crippen molar-refractivity contribution in [1.82, 2.24) is 0 Å². The topological polar surface area (TPSA) is 52.9 Å². The maximum absolute atomic E-state index is 12.8. The van der Waals surface area contributed by atoms with E-state index in [1.807, 2.05) is 0 Å². The molecule has 1 aromatic carbocycles. The molecule has 6 heteroatoms. The minimum atomic E-state index is -1.17. The molecule has 0 heterocycles. The highest BCUT2D eigenvalue weighted by Gasteiger charge is 2.10. The minimum Gasteiger partial charge on any atom is -0.325 e. The molecule has 0 saturated carbocycles. The van der Waals surface area contributed by atoms with E-state index < -0.39 is 22.6 Å². The van der Waals surface area contributed by atoms with Gasteiger partial charge in [-0.15, -0.1) is 0 Å². The van der Waals surface area contributed by atoms with Gasteiger partial charge >= 0.3 is 0 Å². The molecule has 0 unspecified atom stereocenters.